The first-order valence-electron chi connectivity index (χ1n) is 8.42. The number of rotatable bonds is 2. The zero-order valence-electron chi connectivity index (χ0n) is 17.2. The predicted octanol–water partition coefficient (Wildman–Crippen LogP) is 3.14. The third kappa shape index (κ3) is 11.0. The Hall–Kier alpha value is -0.540. The van der Waals surface area contributed by atoms with Gasteiger partial charge in [-0.2, -0.15) is 4.90 Å². The van der Waals surface area contributed by atoms with E-state index >= 15 is 0 Å². The average molecular weight is 694 g/mol. The minimum atomic E-state index is 0. The number of nitrogens with zero attached hydrogens (tertiary/aromatic N) is 6. The molecule has 0 bridgehead atoms. The summed E-state index contributed by atoms with van der Waals surface area (Å²) in [4.78, 5) is 24.7. The maximum Gasteiger partial charge on any atom is 1.00 e. The Morgan fingerprint density at radius 3 is 1.76 bits per heavy atom. The maximum atomic E-state index is 5.99. The van der Waals surface area contributed by atoms with E-state index in [4.69, 9.17) is 58.9 Å². The van der Waals surface area contributed by atoms with Crippen LogP contribution in [0.2, 0.25) is 15.2 Å². The zero-order valence-corrected chi connectivity index (χ0v) is 26.2. The van der Waals surface area contributed by atoms with Crippen LogP contribution >= 0.6 is 78.4 Å². The summed E-state index contributed by atoms with van der Waals surface area (Å²) in [7, 11) is 0. The number of hydrogen-bond acceptors (Lipinski definition) is 10. The van der Waals surface area contributed by atoms with Crippen LogP contribution in [0, 0.1) is 0 Å². The van der Waals surface area contributed by atoms with E-state index in [-0.39, 0.29) is 29.6 Å². The summed E-state index contributed by atoms with van der Waals surface area (Å²) in [6, 6.07) is 3.40. The van der Waals surface area contributed by atoms with Crippen molar-refractivity contribution in [3.63, 3.8) is 0 Å². The first-order chi connectivity index (χ1) is 15.7. The maximum absolute atomic E-state index is 5.99. The SMILES string of the molecule is Brc1cnc(Br)cn1.Nc1nccc(Sc2cnc(Cl)cn2)c1Cl.Nc1nccc([S-])c1Cl.[Na+]. The zero-order chi connectivity index (χ0) is 24.4. The number of pyridine rings is 2. The second kappa shape index (κ2) is 16.3. The van der Waals surface area contributed by atoms with Gasteiger partial charge in [0.1, 0.15) is 31.0 Å². The number of halogens is 5. The fraction of sp³-hybridized carbons (Fsp3) is 0. The van der Waals surface area contributed by atoms with Crippen LogP contribution < -0.4 is 41.0 Å². The van der Waals surface area contributed by atoms with Crippen molar-refractivity contribution in [1.82, 2.24) is 29.9 Å². The molecular weight excluding hydrogens is 682 g/mol. The molecule has 0 saturated carbocycles. The molecule has 0 amide bonds. The van der Waals surface area contributed by atoms with Crippen LogP contribution in [-0.4, -0.2) is 29.9 Å². The number of nitrogens with two attached hydrogens (primary N) is 2. The van der Waals surface area contributed by atoms with Crippen molar-refractivity contribution >= 4 is 103 Å². The van der Waals surface area contributed by atoms with Crippen LogP contribution in [0.1, 0.15) is 0 Å². The van der Waals surface area contributed by atoms with Gasteiger partial charge in [0, 0.05) is 17.3 Å². The molecule has 0 fully saturated rings. The van der Waals surface area contributed by atoms with Crippen molar-refractivity contribution in [1.29, 1.82) is 0 Å². The second-order valence-electron chi connectivity index (χ2n) is 5.46. The third-order valence-corrected chi connectivity index (χ3v) is 6.51. The van der Waals surface area contributed by atoms with Gasteiger partial charge in [-0.1, -0.05) is 52.6 Å². The molecule has 4 N–H and O–H groups in total. The summed E-state index contributed by atoms with van der Waals surface area (Å²) in [5.41, 5.74) is 10.9. The van der Waals surface area contributed by atoms with Crippen molar-refractivity contribution in [2.75, 3.05) is 11.5 Å². The van der Waals surface area contributed by atoms with Gasteiger partial charge < -0.3 is 24.1 Å². The summed E-state index contributed by atoms with van der Waals surface area (Å²) in [6.07, 6.45) is 9.42. The molecule has 0 spiro atoms. The van der Waals surface area contributed by atoms with E-state index in [1.54, 1.807) is 36.9 Å². The Balaban J connectivity index is 0.000000274. The van der Waals surface area contributed by atoms with E-state index in [1.807, 2.05) is 0 Å². The minimum absolute atomic E-state index is 0. The van der Waals surface area contributed by atoms with Crippen LogP contribution in [0.15, 0.2) is 73.3 Å². The third-order valence-electron chi connectivity index (χ3n) is 3.16. The molecule has 16 heteroatoms. The fourth-order valence-electron chi connectivity index (χ4n) is 1.72. The quantitative estimate of drug-likeness (QED) is 0.239. The Bertz CT molecular complexity index is 1150. The van der Waals surface area contributed by atoms with E-state index in [1.165, 1.54) is 24.2 Å². The smallest absolute Gasteiger partial charge is 0.778 e. The molecule has 0 aromatic carbocycles. The number of aromatic nitrogens is 6. The van der Waals surface area contributed by atoms with Crippen LogP contribution in [0.25, 0.3) is 0 Å². The molecule has 172 valence electrons. The van der Waals surface area contributed by atoms with Gasteiger partial charge in [-0.3, -0.25) is 0 Å². The van der Waals surface area contributed by atoms with Crippen molar-refractivity contribution in [2.24, 2.45) is 0 Å². The van der Waals surface area contributed by atoms with Crippen molar-refractivity contribution in [2.45, 2.75) is 14.8 Å². The Morgan fingerprint density at radius 2 is 1.29 bits per heavy atom. The van der Waals surface area contributed by atoms with Crippen molar-refractivity contribution < 1.29 is 29.6 Å². The molecule has 0 aliphatic rings. The topological polar surface area (TPSA) is 129 Å². The van der Waals surface area contributed by atoms with Gasteiger partial charge in [0.2, 0.25) is 0 Å². The molecule has 0 atom stereocenters. The van der Waals surface area contributed by atoms with Gasteiger partial charge >= 0.3 is 29.6 Å². The van der Waals surface area contributed by atoms with Gasteiger partial charge in [0.05, 0.1) is 34.8 Å². The van der Waals surface area contributed by atoms with Gasteiger partial charge in [0.25, 0.3) is 0 Å². The van der Waals surface area contributed by atoms with E-state index in [0.717, 1.165) is 14.1 Å². The van der Waals surface area contributed by atoms with E-state index in [9.17, 15) is 0 Å². The summed E-state index contributed by atoms with van der Waals surface area (Å²) >= 11 is 29.7. The standard InChI is InChI=1S/C9H6Cl2N4S.C5H5ClN2S.C4H2Br2N2.Na/c10-6-3-15-7(4-14-6)16-5-1-2-13-9(12)8(5)11;6-4-3(9)1-2-8-5(4)7;5-3-1-7-4(6)2-8-3;/h1-4H,(H2,12,13);1-2H,(H3,7,8,9);1-2H;/q;;;+1/p-1. The molecule has 4 aromatic rings. The van der Waals surface area contributed by atoms with Gasteiger partial charge in [-0.15, -0.1) is 0 Å². The van der Waals surface area contributed by atoms with E-state index < -0.39 is 0 Å². The van der Waals surface area contributed by atoms with E-state index in [0.29, 0.717) is 36.8 Å². The normalized spacial score (nSPS) is 9.56. The Labute approximate surface area is 259 Å². The van der Waals surface area contributed by atoms with Crippen LogP contribution in [0.5, 0.6) is 0 Å². The first kappa shape index (κ1) is 31.5. The molecule has 8 nitrogen and oxygen atoms in total. The molecule has 0 saturated heterocycles. The van der Waals surface area contributed by atoms with E-state index in [2.05, 4.69) is 61.8 Å². The molecular formula is C18H12Br2Cl3N8NaS2. The largest absolute Gasteiger partial charge is 1.00 e. The van der Waals surface area contributed by atoms with Crippen LogP contribution in [0.3, 0.4) is 0 Å². The summed E-state index contributed by atoms with van der Waals surface area (Å²) in [5, 5.41) is 1.83. The van der Waals surface area contributed by atoms with Crippen LogP contribution in [-0.2, 0) is 12.6 Å². The fourth-order valence-corrected chi connectivity index (χ4v) is 3.49. The molecule has 0 radical (unpaired) electrons. The molecule has 0 aliphatic heterocycles. The Morgan fingerprint density at radius 1 is 0.735 bits per heavy atom. The van der Waals surface area contributed by atoms with Gasteiger partial charge in [-0.25, -0.2) is 29.9 Å². The number of anilines is 2. The van der Waals surface area contributed by atoms with Gasteiger partial charge in [-0.05, 0) is 37.9 Å². The minimum Gasteiger partial charge on any atom is -0.778 e. The molecule has 0 unspecified atom stereocenters. The first-order valence-corrected chi connectivity index (χ1v) is 12.4. The van der Waals surface area contributed by atoms with Crippen LogP contribution in [0.4, 0.5) is 11.6 Å². The Kier molecular flexibility index (Phi) is 15.1. The summed E-state index contributed by atoms with van der Waals surface area (Å²) < 4.78 is 1.50. The number of nitrogen functional groups attached to an aromatic ring is 2. The number of hydrogen-bond donors (Lipinski definition) is 2. The molecule has 34 heavy (non-hydrogen) atoms. The van der Waals surface area contributed by atoms with Gasteiger partial charge in [0.15, 0.2) is 0 Å². The second-order valence-corrected chi connectivity index (χ2v) is 9.73. The molecule has 4 aromatic heterocycles. The monoisotopic (exact) mass is 690 g/mol. The molecule has 4 rings (SSSR count). The summed E-state index contributed by atoms with van der Waals surface area (Å²) in [5.74, 6) is 0.595. The average Bonchev–Trinajstić information content (AvgIpc) is 2.80. The predicted molar refractivity (Wildman–Crippen MR) is 142 cm³/mol. The molecule has 4 heterocycles. The summed E-state index contributed by atoms with van der Waals surface area (Å²) in [6.45, 7) is 0. The van der Waals surface area contributed by atoms with Crippen molar-refractivity contribution in [3.05, 3.63) is 73.7 Å². The molecule has 0 aliphatic carbocycles. The van der Waals surface area contributed by atoms with Crippen molar-refractivity contribution in [3.8, 4) is 0 Å².